The van der Waals surface area contributed by atoms with Gasteiger partial charge < -0.3 is 19.5 Å². The molecule has 2 aliphatic rings. The van der Waals surface area contributed by atoms with E-state index in [9.17, 15) is 0 Å². The fourth-order valence-corrected chi connectivity index (χ4v) is 3.80. The highest BCUT2D eigenvalue weighted by molar-refractivity contribution is 14.0. The first-order chi connectivity index (χ1) is 12.7. The zero-order valence-electron chi connectivity index (χ0n) is 16.9. The van der Waals surface area contributed by atoms with Crippen molar-refractivity contribution >= 4 is 29.9 Å². The van der Waals surface area contributed by atoms with E-state index in [0.717, 1.165) is 64.3 Å². The van der Waals surface area contributed by atoms with Crippen molar-refractivity contribution in [3.05, 3.63) is 18.2 Å². The molecular weight excluding hydrogens is 455 g/mol. The molecule has 0 amide bonds. The second kappa shape index (κ2) is 11.2. The SMILES string of the molecule is CCNC(=NCc1nccn1CC(C)C)N1CCC(N2CCOCC2)C1.I. The van der Waals surface area contributed by atoms with Crippen molar-refractivity contribution in [3.63, 3.8) is 0 Å². The van der Waals surface area contributed by atoms with Crippen LogP contribution in [0.25, 0.3) is 0 Å². The molecule has 0 aromatic carbocycles. The van der Waals surface area contributed by atoms with Gasteiger partial charge >= 0.3 is 0 Å². The molecule has 7 nitrogen and oxygen atoms in total. The number of nitrogens with one attached hydrogen (secondary N) is 1. The third-order valence-electron chi connectivity index (χ3n) is 5.09. The number of aliphatic imine (C=N–C) groups is 1. The van der Waals surface area contributed by atoms with E-state index in [-0.39, 0.29) is 24.0 Å². The van der Waals surface area contributed by atoms with Gasteiger partial charge in [0, 0.05) is 57.7 Å². The molecule has 1 aromatic rings. The number of imidazole rings is 1. The van der Waals surface area contributed by atoms with Crippen LogP contribution >= 0.6 is 24.0 Å². The molecule has 0 radical (unpaired) electrons. The molecule has 0 spiro atoms. The summed E-state index contributed by atoms with van der Waals surface area (Å²) < 4.78 is 7.71. The molecule has 2 saturated heterocycles. The summed E-state index contributed by atoms with van der Waals surface area (Å²) in [7, 11) is 0. The van der Waals surface area contributed by atoms with E-state index in [4.69, 9.17) is 9.73 Å². The summed E-state index contributed by atoms with van der Waals surface area (Å²) in [5.74, 6) is 2.66. The maximum Gasteiger partial charge on any atom is 0.194 e. The molecule has 154 valence electrons. The summed E-state index contributed by atoms with van der Waals surface area (Å²) in [5.41, 5.74) is 0. The second-order valence-corrected chi connectivity index (χ2v) is 7.60. The number of halogens is 1. The van der Waals surface area contributed by atoms with Crippen LogP contribution in [0, 0.1) is 5.92 Å². The molecule has 2 aliphatic heterocycles. The van der Waals surface area contributed by atoms with E-state index < -0.39 is 0 Å². The largest absolute Gasteiger partial charge is 0.379 e. The number of morpholine rings is 1. The zero-order chi connectivity index (χ0) is 18.4. The lowest BCUT2D eigenvalue weighted by atomic mass is 10.2. The van der Waals surface area contributed by atoms with Gasteiger partial charge in [-0.15, -0.1) is 24.0 Å². The van der Waals surface area contributed by atoms with E-state index in [1.165, 1.54) is 6.42 Å². The number of aromatic nitrogens is 2. The fraction of sp³-hybridized carbons (Fsp3) is 0.789. The Bertz CT molecular complexity index is 585. The number of nitrogens with zero attached hydrogens (tertiary/aromatic N) is 5. The maximum absolute atomic E-state index is 5.49. The quantitative estimate of drug-likeness (QED) is 0.376. The van der Waals surface area contributed by atoms with Crippen molar-refractivity contribution in [1.82, 2.24) is 24.7 Å². The lowest BCUT2D eigenvalue weighted by molar-refractivity contribution is 0.0195. The van der Waals surface area contributed by atoms with Gasteiger partial charge in [-0.3, -0.25) is 4.90 Å². The highest BCUT2D eigenvalue weighted by atomic mass is 127. The van der Waals surface area contributed by atoms with Crippen LogP contribution in [0.15, 0.2) is 17.4 Å². The van der Waals surface area contributed by atoms with Gasteiger partial charge in [0.1, 0.15) is 12.4 Å². The molecule has 27 heavy (non-hydrogen) atoms. The summed E-state index contributed by atoms with van der Waals surface area (Å²) in [6, 6.07) is 0.616. The van der Waals surface area contributed by atoms with Crippen LogP contribution in [-0.4, -0.2) is 77.3 Å². The Balaban J connectivity index is 0.00000261. The van der Waals surface area contributed by atoms with Crippen LogP contribution in [-0.2, 0) is 17.8 Å². The summed E-state index contributed by atoms with van der Waals surface area (Å²) in [6.45, 7) is 15.0. The lowest BCUT2D eigenvalue weighted by Crippen LogP contribution is -2.46. The second-order valence-electron chi connectivity index (χ2n) is 7.60. The van der Waals surface area contributed by atoms with Gasteiger partial charge in [-0.2, -0.15) is 0 Å². The number of hydrogen-bond acceptors (Lipinski definition) is 4. The summed E-state index contributed by atoms with van der Waals surface area (Å²) in [6.07, 6.45) is 5.14. The third-order valence-corrected chi connectivity index (χ3v) is 5.09. The molecule has 1 atom stereocenters. The van der Waals surface area contributed by atoms with Gasteiger partial charge in [0.2, 0.25) is 0 Å². The highest BCUT2D eigenvalue weighted by Crippen LogP contribution is 2.17. The minimum Gasteiger partial charge on any atom is -0.379 e. The Kier molecular flexibility index (Phi) is 9.31. The Hall–Kier alpha value is -0.870. The number of ether oxygens (including phenoxy) is 1. The summed E-state index contributed by atoms with van der Waals surface area (Å²) in [5, 5.41) is 3.47. The minimum atomic E-state index is 0. The van der Waals surface area contributed by atoms with Crippen molar-refractivity contribution in [2.45, 2.75) is 46.3 Å². The van der Waals surface area contributed by atoms with Crippen molar-refractivity contribution in [2.75, 3.05) is 45.9 Å². The Morgan fingerprint density at radius 3 is 2.81 bits per heavy atom. The third kappa shape index (κ3) is 6.32. The molecule has 8 heteroatoms. The molecule has 1 aromatic heterocycles. The predicted octanol–water partition coefficient (Wildman–Crippen LogP) is 2.03. The first-order valence-corrected chi connectivity index (χ1v) is 10.0. The number of likely N-dealkylation sites (tertiary alicyclic amines) is 1. The van der Waals surface area contributed by atoms with Gasteiger partial charge in [0.15, 0.2) is 5.96 Å². The van der Waals surface area contributed by atoms with Crippen LogP contribution in [0.5, 0.6) is 0 Å². The van der Waals surface area contributed by atoms with E-state index in [0.29, 0.717) is 18.5 Å². The monoisotopic (exact) mass is 490 g/mol. The van der Waals surface area contributed by atoms with Crippen molar-refractivity contribution < 1.29 is 4.74 Å². The molecule has 0 bridgehead atoms. The van der Waals surface area contributed by atoms with E-state index >= 15 is 0 Å². The molecule has 1 unspecified atom stereocenters. The van der Waals surface area contributed by atoms with Gasteiger partial charge in [0.25, 0.3) is 0 Å². The van der Waals surface area contributed by atoms with Crippen LogP contribution in [0.3, 0.4) is 0 Å². The average molecular weight is 490 g/mol. The molecule has 0 aliphatic carbocycles. The van der Waals surface area contributed by atoms with E-state index in [1.807, 2.05) is 6.20 Å². The lowest BCUT2D eigenvalue weighted by Gasteiger charge is -2.32. The topological polar surface area (TPSA) is 57.9 Å². The zero-order valence-corrected chi connectivity index (χ0v) is 19.3. The van der Waals surface area contributed by atoms with Gasteiger partial charge in [-0.05, 0) is 19.3 Å². The Labute approximate surface area is 180 Å². The van der Waals surface area contributed by atoms with Gasteiger partial charge in [-0.1, -0.05) is 13.8 Å². The van der Waals surface area contributed by atoms with Crippen molar-refractivity contribution in [1.29, 1.82) is 0 Å². The highest BCUT2D eigenvalue weighted by Gasteiger charge is 2.30. The molecule has 0 saturated carbocycles. The number of rotatable bonds is 6. The first-order valence-electron chi connectivity index (χ1n) is 10.0. The van der Waals surface area contributed by atoms with Crippen LogP contribution in [0.2, 0.25) is 0 Å². The number of hydrogen-bond donors (Lipinski definition) is 1. The molecular formula is C19H35IN6O. The Morgan fingerprint density at radius 2 is 2.11 bits per heavy atom. The predicted molar refractivity (Wildman–Crippen MR) is 120 cm³/mol. The average Bonchev–Trinajstić information content (AvgIpc) is 3.29. The minimum absolute atomic E-state index is 0. The normalized spacial score (nSPS) is 21.6. The molecule has 2 fully saturated rings. The summed E-state index contributed by atoms with van der Waals surface area (Å²) >= 11 is 0. The molecule has 3 heterocycles. The van der Waals surface area contributed by atoms with Crippen LogP contribution in [0.1, 0.15) is 33.0 Å². The standard InChI is InChI=1S/C19H34N6O.HI/c1-4-20-19(22-13-18-21-6-8-24(18)14-16(2)3)25-7-5-17(15-25)23-9-11-26-12-10-23;/h6,8,16-17H,4-5,7,9-15H2,1-3H3,(H,20,22);1H. The molecule has 1 N–H and O–H groups in total. The van der Waals surface area contributed by atoms with Crippen molar-refractivity contribution in [3.8, 4) is 0 Å². The Morgan fingerprint density at radius 1 is 1.33 bits per heavy atom. The maximum atomic E-state index is 5.49. The number of guanidine groups is 1. The van der Waals surface area contributed by atoms with Gasteiger partial charge in [-0.25, -0.2) is 9.98 Å². The first kappa shape index (κ1) is 22.4. The smallest absolute Gasteiger partial charge is 0.194 e. The van der Waals surface area contributed by atoms with Gasteiger partial charge in [0.05, 0.1) is 13.2 Å². The van der Waals surface area contributed by atoms with E-state index in [2.05, 4.69) is 51.6 Å². The van der Waals surface area contributed by atoms with Crippen LogP contribution < -0.4 is 5.32 Å². The summed E-state index contributed by atoms with van der Waals surface area (Å²) in [4.78, 5) is 14.4. The fourth-order valence-electron chi connectivity index (χ4n) is 3.80. The van der Waals surface area contributed by atoms with E-state index in [1.54, 1.807) is 0 Å². The molecule has 3 rings (SSSR count). The van der Waals surface area contributed by atoms with Crippen molar-refractivity contribution in [2.24, 2.45) is 10.9 Å². The van der Waals surface area contributed by atoms with Crippen LogP contribution in [0.4, 0.5) is 0 Å².